The molecular weight excluding hydrogens is 397 g/mol. The van der Waals surface area contributed by atoms with Crippen LogP contribution in [0, 0.1) is 0 Å². The summed E-state index contributed by atoms with van der Waals surface area (Å²) >= 11 is 0. The first-order valence-corrected chi connectivity index (χ1v) is 9.84. The van der Waals surface area contributed by atoms with E-state index < -0.39 is 17.8 Å². The Kier molecular flexibility index (Phi) is 7.64. The van der Waals surface area contributed by atoms with Crippen LogP contribution in [-0.2, 0) is 17.5 Å². The van der Waals surface area contributed by atoms with Crippen molar-refractivity contribution in [3.05, 3.63) is 59.9 Å². The van der Waals surface area contributed by atoms with E-state index in [1.165, 1.54) is 12.1 Å². The fourth-order valence-electron chi connectivity index (χ4n) is 3.25. The van der Waals surface area contributed by atoms with E-state index in [9.17, 15) is 18.0 Å². The van der Waals surface area contributed by atoms with Crippen molar-refractivity contribution in [3.8, 4) is 0 Å². The SMILES string of the molecule is O=C(Nc1cccc(C(F)(F)F)c1)N(CCCN1CCOCC1)Cc1ccncc1. The molecule has 0 bridgehead atoms. The van der Waals surface area contributed by atoms with E-state index in [4.69, 9.17) is 4.74 Å². The average molecular weight is 422 g/mol. The summed E-state index contributed by atoms with van der Waals surface area (Å²) in [6.45, 7) is 4.78. The number of pyridine rings is 1. The minimum atomic E-state index is -4.46. The summed E-state index contributed by atoms with van der Waals surface area (Å²) in [6, 6.07) is 7.84. The number of urea groups is 1. The summed E-state index contributed by atoms with van der Waals surface area (Å²) < 4.78 is 44.2. The van der Waals surface area contributed by atoms with Crippen LogP contribution in [0.15, 0.2) is 48.8 Å². The maximum atomic E-state index is 13.0. The highest BCUT2D eigenvalue weighted by Crippen LogP contribution is 2.30. The number of carbonyl (C=O) groups excluding carboxylic acids is 1. The molecule has 0 spiro atoms. The zero-order valence-corrected chi connectivity index (χ0v) is 16.6. The van der Waals surface area contributed by atoms with E-state index in [2.05, 4.69) is 15.2 Å². The van der Waals surface area contributed by atoms with E-state index in [1.807, 2.05) is 12.1 Å². The van der Waals surface area contributed by atoms with Gasteiger partial charge in [-0.3, -0.25) is 9.88 Å². The number of hydrogen-bond donors (Lipinski definition) is 1. The molecule has 1 fully saturated rings. The first-order chi connectivity index (χ1) is 14.4. The number of carbonyl (C=O) groups is 1. The smallest absolute Gasteiger partial charge is 0.379 e. The fourth-order valence-corrected chi connectivity index (χ4v) is 3.25. The lowest BCUT2D eigenvalue weighted by Gasteiger charge is -2.28. The highest BCUT2D eigenvalue weighted by molar-refractivity contribution is 5.89. The number of hydrogen-bond acceptors (Lipinski definition) is 4. The Bertz CT molecular complexity index is 811. The second-order valence-corrected chi connectivity index (χ2v) is 7.09. The molecule has 6 nitrogen and oxygen atoms in total. The number of benzene rings is 1. The highest BCUT2D eigenvalue weighted by atomic mass is 19.4. The molecule has 2 amide bonds. The molecule has 1 saturated heterocycles. The van der Waals surface area contributed by atoms with Crippen LogP contribution < -0.4 is 5.32 Å². The quantitative estimate of drug-likeness (QED) is 0.736. The van der Waals surface area contributed by atoms with Gasteiger partial charge in [-0.25, -0.2) is 4.79 Å². The number of halogens is 3. The first-order valence-electron chi connectivity index (χ1n) is 9.84. The van der Waals surface area contributed by atoms with Crippen LogP contribution in [0.1, 0.15) is 17.5 Å². The number of morpholine rings is 1. The molecule has 0 aliphatic carbocycles. The van der Waals surface area contributed by atoms with Gasteiger partial charge in [-0.05, 0) is 42.3 Å². The molecule has 1 aromatic carbocycles. The lowest BCUT2D eigenvalue weighted by Crippen LogP contribution is -2.40. The minimum absolute atomic E-state index is 0.114. The van der Waals surface area contributed by atoms with Crippen molar-refractivity contribution in [1.29, 1.82) is 0 Å². The molecule has 162 valence electrons. The van der Waals surface area contributed by atoms with Gasteiger partial charge in [0.15, 0.2) is 0 Å². The molecule has 0 saturated carbocycles. The predicted octanol–water partition coefficient (Wildman–Crippen LogP) is 3.86. The molecule has 1 N–H and O–H groups in total. The van der Waals surface area contributed by atoms with Gasteiger partial charge in [-0.15, -0.1) is 0 Å². The third kappa shape index (κ3) is 6.70. The number of rotatable bonds is 7. The molecule has 1 aliphatic rings. The van der Waals surface area contributed by atoms with Crippen LogP contribution in [-0.4, -0.2) is 60.2 Å². The number of nitrogens with zero attached hydrogens (tertiary/aromatic N) is 3. The first kappa shape index (κ1) is 22.0. The normalized spacial score (nSPS) is 15.0. The van der Waals surface area contributed by atoms with Gasteiger partial charge in [0.05, 0.1) is 18.8 Å². The third-order valence-corrected chi connectivity index (χ3v) is 4.86. The monoisotopic (exact) mass is 422 g/mol. The van der Waals surface area contributed by atoms with Crippen molar-refractivity contribution >= 4 is 11.7 Å². The summed E-state index contributed by atoms with van der Waals surface area (Å²) in [5.41, 5.74) is 0.214. The van der Waals surface area contributed by atoms with Crippen molar-refractivity contribution < 1.29 is 22.7 Å². The number of amides is 2. The van der Waals surface area contributed by atoms with Crippen molar-refractivity contribution in [2.24, 2.45) is 0 Å². The highest BCUT2D eigenvalue weighted by Gasteiger charge is 2.30. The van der Waals surface area contributed by atoms with Crippen LogP contribution in [0.3, 0.4) is 0 Å². The van der Waals surface area contributed by atoms with E-state index in [-0.39, 0.29) is 5.69 Å². The Morgan fingerprint density at radius 1 is 1.17 bits per heavy atom. The fraction of sp³-hybridized carbons (Fsp3) is 0.429. The Morgan fingerprint density at radius 2 is 1.90 bits per heavy atom. The zero-order valence-electron chi connectivity index (χ0n) is 16.6. The molecule has 30 heavy (non-hydrogen) atoms. The number of anilines is 1. The molecule has 0 radical (unpaired) electrons. The summed E-state index contributed by atoms with van der Waals surface area (Å²) in [5, 5.41) is 2.60. The Hall–Kier alpha value is -2.65. The zero-order chi connectivity index (χ0) is 21.4. The summed E-state index contributed by atoms with van der Waals surface area (Å²) in [6.07, 6.45) is -0.422. The van der Waals surface area contributed by atoms with Gasteiger partial charge in [0.2, 0.25) is 0 Å². The molecule has 1 aromatic heterocycles. The van der Waals surface area contributed by atoms with Crippen molar-refractivity contribution in [3.63, 3.8) is 0 Å². The van der Waals surface area contributed by atoms with E-state index in [1.54, 1.807) is 17.3 Å². The molecule has 3 rings (SSSR count). The lowest BCUT2D eigenvalue weighted by molar-refractivity contribution is -0.137. The van der Waals surface area contributed by atoms with Crippen LogP contribution in [0.2, 0.25) is 0 Å². The summed E-state index contributed by atoms with van der Waals surface area (Å²) in [4.78, 5) is 20.7. The van der Waals surface area contributed by atoms with Gasteiger partial charge >= 0.3 is 12.2 Å². The second-order valence-electron chi connectivity index (χ2n) is 7.09. The van der Waals surface area contributed by atoms with E-state index >= 15 is 0 Å². The average Bonchev–Trinajstić information content (AvgIpc) is 2.74. The van der Waals surface area contributed by atoms with Crippen molar-refractivity contribution in [2.45, 2.75) is 19.1 Å². The van der Waals surface area contributed by atoms with Gasteiger partial charge in [-0.2, -0.15) is 13.2 Å². The van der Waals surface area contributed by atoms with Gasteiger partial charge in [0.1, 0.15) is 0 Å². The molecule has 0 atom stereocenters. The number of nitrogens with one attached hydrogen (secondary N) is 1. The summed E-state index contributed by atoms with van der Waals surface area (Å²) in [7, 11) is 0. The Labute approximate surface area is 173 Å². The van der Waals surface area contributed by atoms with Crippen LogP contribution in [0.5, 0.6) is 0 Å². The largest absolute Gasteiger partial charge is 0.416 e. The van der Waals surface area contributed by atoms with Crippen molar-refractivity contribution in [1.82, 2.24) is 14.8 Å². The maximum absolute atomic E-state index is 13.0. The number of aromatic nitrogens is 1. The molecular formula is C21H25F3N4O2. The van der Waals surface area contributed by atoms with Gasteiger partial charge in [-0.1, -0.05) is 6.07 Å². The molecule has 1 aliphatic heterocycles. The molecule has 2 aromatic rings. The second kappa shape index (κ2) is 10.4. The number of ether oxygens (including phenoxy) is 1. The van der Waals surface area contributed by atoms with Crippen LogP contribution in [0.4, 0.5) is 23.7 Å². The molecule has 9 heteroatoms. The Morgan fingerprint density at radius 3 is 2.60 bits per heavy atom. The van der Waals surface area contributed by atoms with Gasteiger partial charge in [0.25, 0.3) is 0 Å². The molecule has 0 unspecified atom stereocenters. The minimum Gasteiger partial charge on any atom is -0.379 e. The maximum Gasteiger partial charge on any atom is 0.416 e. The molecule has 2 heterocycles. The third-order valence-electron chi connectivity index (χ3n) is 4.86. The predicted molar refractivity (Wildman–Crippen MR) is 107 cm³/mol. The Balaban J connectivity index is 1.64. The van der Waals surface area contributed by atoms with Crippen LogP contribution in [0.25, 0.3) is 0 Å². The lowest BCUT2D eigenvalue weighted by atomic mass is 10.2. The summed E-state index contributed by atoms with van der Waals surface area (Å²) in [5.74, 6) is 0. The van der Waals surface area contributed by atoms with Crippen molar-refractivity contribution in [2.75, 3.05) is 44.7 Å². The topological polar surface area (TPSA) is 57.7 Å². The number of alkyl halides is 3. The van der Waals surface area contributed by atoms with Gasteiger partial charge < -0.3 is 15.0 Å². The van der Waals surface area contributed by atoms with E-state index in [0.29, 0.717) is 26.3 Å². The van der Waals surface area contributed by atoms with Gasteiger partial charge in [0, 0.05) is 50.8 Å². The van der Waals surface area contributed by atoms with E-state index in [0.717, 1.165) is 43.8 Å². The van der Waals surface area contributed by atoms with Crippen LogP contribution >= 0.6 is 0 Å². The standard InChI is InChI=1S/C21H25F3N4O2/c22-21(23,24)18-3-1-4-19(15-18)26-20(29)28(16-17-5-7-25-8-6-17)10-2-9-27-11-13-30-14-12-27/h1,3-8,15H,2,9-14,16H2,(H,26,29).